The highest BCUT2D eigenvalue weighted by molar-refractivity contribution is 8.03. The number of para-hydroxylation sites is 1. The normalized spacial score (nSPS) is 11.4. The van der Waals surface area contributed by atoms with E-state index in [1.54, 1.807) is 23.1 Å². The molecule has 1 N–H and O–H groups in total. The number of tetrazole rings is 1. The number of benzene rings is 1. The molecular formula is C12H5Cl2N5S3. The summed E-state index contributed by atoms with van der Waals surface area (Å²) in [5.41, 5.74) is 0.832. The van der Waals surface area contributed by atoms with Gasteiger partial charge in [0, 0.05) is 0 Å². The molecule has 0 fully saturated rings. The van der Waals surface area contributed by atoms with Gasteiger partial charge in [0.2, 0.25) is 0 Å². The van der Waals surface area contributed by atoms with Crippen LogP contribution in [-0.4, -0.2) is 25.6 Å². The van der Waals surface area contributed by atoms with E-state index in [-0.39, 0.29) is 0 Å². The molecule has 0 unspecified atom stereocenters. The summed E-state index contributed by atoms with van der Waals surface area (Å²) in [6.45, 7) is 0. The van der Waals surface area contributed by atoms with Crippen molar-refractivity contribution in [2.45, 2.75) is 8.55 Å². The molecule has 0 saturated heterocycles. The average Bonchev–Trinajstić information content (AvgIpc) is 3.19. The number of fused-ring (bicyclic) bond motifs is 1. The van der Waals surface area contributed by atoms with Gasteiger partial charge >= 0.3 is 0 Å². The molecule has 0 bridgehead atoms. The Balaban J connectivity index is 1.68. The first-order chi connectivity index (χ1) is 10.7. The van der Waals surface area contributed by atoms with Crippen molar-refractivity contribution in [1.29, 1.82) is 0 Å². The third-order valence-corrected chi connectivity index (χ3v) is 6.81. The molecule has 5 nitrogen and oxygen atoms in total. The largest absolute Gasteiger partial charge is 0.238 e. The molecule has 0 saturated carbocycles. The Hall–Kier alpha value is -1.19. The maximum atomic E-state index is 6.25. The Bertz CT molecular complexity index is 947. The zero-order valence-electron chi connectivity index (χ0n) is 10.6. The van der Waals surface area contributed by atoms with Crippen molar-refractivity contribution in [3.05, 3.63) is 34.3 Å². The van der Waals surface area contributed by atoms with Gasteiger partial charge < -0.3 is 0 Å². The van der Waals surface area contributed by atoms with Crippen molar-refractivity contribution in [3.63, 3.8) is 0 Å². The van der Waals surface area contributed by atoms with Gasteiger partial charge in [-0.3, -0.25) is 0 Å². The average molecular weight is 386 g/mol. The van der Waals surface area contributed by atoms with Crippen molar-refractivity contribution in [1.82, 2.24) is 25.6 Å². The number of aromatic nitrogens is 5. The molecule has 4 rings (SSSR count). The van der Waals surface area contributed by atoms with E-state index in [4.69, 9.17) is 23.2 Å². The lowest BCUT2D eigenvalue weighted by atomic mass is 10.3. The highest BCUT2D eigenvalue weighted by Crippen LogP contribution is 2.43. The van der Waals surface area contributed by atoms with E-state index >= 15 is 0 Å². The van der Waals surface area contributed by atoms with Crippen LogP contribution in [0.5, 0.6) is 0 Å². The van der Waals surface area contributed by atoms with Crippen LogP contribution >= 0.6 is 57.6 Å². The number of H-pyrrole nitrogens is 1. The van der Waals surface area contributed by atoms with E-state index in [0.29, 0.717) is 15.9 Å². The van der Waals surface area contributed by atoms with E-state index in [0.717, 1.165) is 23.6 Å². The standard InChI is InChI=1S/C12H5Cl2N5S3/c13-5-2-1-3-7-9(5)15-12(20-7)22-8-4-6(14)10(21-8)11-16-18-19-17-11/h1-4H,(H,16,17,18,19). The van der Waals surface area contributed by atoms with Crippen molar-refractivity contribution in [2.75, 3.05) is 0 Å². The third-order valence-electron chi connectivity index (χ3n) is 2.76. The van der Waals surface area contributed by atoms with Gasteiger partial charge in [-0.1, -0.05) is 29.3 Å². The van der Waals surface area contributed by atoms with Crippen molar-refractivity contribution < 1.29 is 0 Å². The van der Waals surface area contributed by atoms with Gasteiger partial charge in [0.25, 0.3) is 0 Å². The minimum absolute atomic E-state index is 0.564. The van der Waals surface area contributed by atoms with Crippen LogP contribution < -0.4 is 0 Å². The summed E-state index contributed by atoms with van der Waals surface area (Å²) in [7, 11) is 0. The highest BCUT2D eigenvalue weighted by Gasteiger charge is 2.15. The fraction of sp³-hybridized carbons (Fsp3) is 0. The minimum Gasteiger partial charge on any atom is -0.238 e. The number of thiazole rings is 1. The van der Waals surface area contributed by atoms with Gasteiger partial charge in [-0.2, -0.15) is 0 Å². The Labute approximate surface area is 146 Å². The first-order valence-corrected chi connectivity index (χ1v) is 9.17. The van der Waals surface area contributed by atoms with Crippen molar-refractivity contribution >= 4 is 67.9 Å². The number of thiophene rings is 1. The molecule has 22 heavy (non-hydrogen) atoms. The molecule has 4 aromatic rings. The van der Waals surface area contributed by atoms with Gasteiger partial charge in [-0.25, -0.2) is 10.1 Å². The summed E-state index contributed by atoms with van der Waals surface area (Å²) in [6, 6.07) is 7.67. The lowest BCUT2D eigenvalue weighted by Gasteiger charge is -1.90. The van der Waals surface area contributed by atoms with Gasteiger partial charge in [0.1, 0.15) is 5.52 Å². The number of rotatable bonds is 3. The van der Waals surface area contributed by atoms with E-state index in [1.165, 1.54) is 11.3 Å². The molecule has 0 aliphatic rings. The first kappa shape index (κ1) is 14.4. The molecule has 0 atom stereocenters. The maximum absolute atomic E-state index is 6.25. The topological polar surface area (TPSA) is 67.3 Å². The number of halogens is 2. The number of nitrogens with one attached hydrogen (secondary N) is 1. The van der Waals surface area contributed by atoms with Crippen molar-refractivity contribution in [2.24, 2.45) is 0 Å². The number of nitrogens with zero attached hydrogens (tertiary/aromatic N) is 4. The number of hydrogen-bond acceptors (Lipinski definition) is 7. The van der Waals surface area contributed by atoms with Crippen LogP contribution in [-0.2, 0) is 0 Å². The summed E-state index contributed by atoms with van der Waals surface area (Å²) in [6.07, 6.45) is 0. The Morgan fingerprint density at radius 2 is 2.05 bits per heavy atom. The van der Waals surface area contributed by atoms with Gasteiger partial charge in [0.15, 0.2) is 10.2 Å². The van der Waals surface area contributed by atoms with Crippen LogP contribution in [0.4, 0.5) is 0 Å². The van der Waals surface area contributed by atoms with Crippen LogP contribution in [0.1, 0.15) is 0 Å². The highest BCUT2D eigenvalue weighted by atomic mass is 35.5. The van der Waals surface area contributed by atoms with Crippen LogP contribution in [0.2, 0.25) is 10.0 Å². The SMILES string of the molecule is Clc1cc(Sc2nc3c(Cl)cccc3s2)sc1-c1nnn[nH]1. The Morgan fingerprint density at radius 3 is 2.82 bits per heavy atom. The molecule has 110 valence electrons. The quantitative estimate of drug-likeness (QED) is 0.537. The van der Waals surface area contributed by atoms with Crippen LogP contribution in [0.15, 0.2) is 32.8 Å². The second kappa shape index (κ2) is 5.78. The molecule has 0 aliphatic carbocycles. The van der Waals surface area contributed by atoms with Crippen LogP contribution in [0.3, 0.4) is 0 Å². The number of aromatic amines is 1. The molecule has 1 aromatic carbocycles. The number of hydrogen-bond donors (Lipinski definition) is 1. The summed E-state index contributed by atoms with van der Waals surface area (Å²) in [4.78, 5) is 5.39. The first-order valence-electron chi connectivity index (χ1n) is 5.97. The fourth-order valence-corrected chi connectivity index (χ4v) is 6.00. The van der Waals surface area contributed by atoms with Crippen LogP contribution in [0.25, 0.3) is 20.9 Å². The monoisotopic (exact) mass is 385 g/mol. The predicted molar refractivity (Wildman–Crippen MR) is 91.3 cm³/mol. The zero-order valence-corrected chi connectivity index (χ0v) is 14.5. The summed E-state index contributed by atoms with van der Waals surface area (Å²) in [5, 5.41) is 15.0. The second-order valence-corrected chi connectivity index (χ2v) is 8.61. The third kappa shape index (κ3) is 2.61. The van der Waals surface area contributed by atoms with E-state index in [1.807, 2.05) is 24.3 Å². The fourth-order valence-electron chi connectivity index (χ4n) is 1.84. The summed E-state index contributed by atoms with van der Waals surface area (Å²) in [5.74, 6) is 0.564. The minimum atomic E-state index is 0.564. The van der Waals surface area contributed by atoms with E-state index < -0.39 is 0 Å². The molecule has 3 heterocycles. The Kier molecular flexibility index (Phi) is 3.79. The van der Waals surface area contributed by atoms with Gasteiger partial charge in [0.05, 0.1) is 23.8 Å². The lowest BCUT2D eigenvalue weighted by Crippen LogP contribution is -1.75. The maximum Gasteiger partial charge on any atom is 0.191 e. The van der Waals surface area contributed by atoms with Gasteiger partial charge in [-0.15, -0.1) is 27.8 Å². The van der Waals surface area contributed by atoms with E-state index in [9.17, 15) is 0 Å². The van der Waals surface area contributed by atoms with Crippen molar-refractivity contribution in [3.8, 4) is 10.7 Å². The smallest absolute Gasteiger partial charge is 0.191 e. The Morgan fingerprint density at radius 1 is 1.14 bits per heavy atom. The zero-order chi connectivity index (χ0) is 15.1. The molecule has 0 amide bonds. The van der Waals surface area contributed by atoms with Crippen LogP contribution in [0, 0.1) is 0 Å². The summed E-state index contributed by atoms with van der Waals surface area (Å²) < 4.78 is 3.01. The van der Waals surface area contributed by atoms with E-state index in [2.05, 4.69) is 25.6 Å². The molecular weight excluding hydrogens is 381 g/mol. The molecule has 3 aromatic heterocycles. The molecule has 0 spiro atoms. The molecule has 0 radical (unpaired) electrons. The lowest BCUT2D eigenvalue weighted by molar-refractivity contribution is 0.881. The van der Waals surface area contributed by atoms with Gasteiger partial charge in [-0.05, 0) is 40.4 Å². The molecule has 0 aliphatic heterocycles. The second-order valence-electron chi connectivity index (χ2n) is 4.16. The predicted octanol–water partition coefficient (Wildman–Crippen LogP) is 5.00. The molecule has 10 heteroatoms. The summed E-state index contributed by atoms with van der Waals surface area (Å²) >= 11 is 17.1.